The van der Waals surface area contributed by atoms with Gasteiger partial charge in [-0.05, 0) is 17.3 Å². The molecular weight excluding hydrogens is 208 g/mol. The Kier molecular flexibility index (Phi) is 3.19. The highest BCUT2D eigenvalue weighted by Gasteiger charge is 2.21. The van der Waals surface area contributed by atoms with Crippen molar-refractivity contribution in [1.29, 1.82) is 0 Å². The van der Waals surface area contributed by atoms with Crippen molar-refractivity contribution in [2.24, 2.45) is 0 Å². The van der Waals surface area contributed by atoms with E-state index < -0.39 is 14.0 Å². The number of rotatable bonds is 2. The zero-order chi connectivity index (χ0) is 11.6. The van der Waals surface area contributed by atoms with Crippen molar-refractivity contribution >= 4 is 19.2 Å². The number of phenolic OH excluding ortho intramolecular Hbond substituents is 1. The van der Waals surface area contributed by atoms with E-state index >= 15 is 0 Å². The molecule has 1 rings (SSSR count). The predicted molar refractivity (Wildman–Crippen MR) is 62.4 cm³/mol. The summed E-state index contributed by atoms with van der Waals surface area (Å²) < 4.78 is 4.58. The fourth-order valence-electron chi connectivity index (χ4n) is 1.41. The van der Waals surface area contributed by atoms with Crippen LogP contribution in [0.1, 0.15) is 10.4 Å². The molecule has 0 amide bonds. The largest absolute Gasteiger partial charge is 0.508 e. The number of aromatic hydroxyl groups is 1. The molecule has 0 spiro atoms. The lowest BCUT2D eigenvalue weighted by Crippen LogP contribution is -2.37. The maximum atomic E-state index is 11.2. The summed E-state index contributed by atoms with van der Waals surface area (Å²) in [5, 5.41) is 10.8. The van der Waals surface area contributed by atoms with Crippen LogP contribution in [0.3, 0.4) is 0 Å². The second kappa shape index (κ2) is 4.06. The van der Waals surface area contributed by atoms with Gasteiger partial charge in [0.2, 0.25) is 0 Å². The van der Waals surface area contributed by atoms with E-state index in [4.69, 9.17) is 0 Å². The second-order valence-corrected chi connectivity index (χ2v) is 9.51. The van der Waals surface area contributed by atoms with Crippen molar-refractivity contribution < 1.29 is 14.6 Å². The highest BCUT2D eigenvalue weighted by atomic mass is 28.3. The number of ether oxygens (including phenoxy) is 1. The molecular formula is C11H16O3Si. The summed E-state index contributed by atoms with van der Waals surface area (Å²) in [6, 6.07) is 4.98. The molecule has 1 aromatic carbocycles. The van der Waals surface area contributed by atoms with Crippen LogP contribution in [-0.2, 0) is 4.74 Å². The first kappa shape index (κ1) is 11.8. The molecule has 0 saturated heterocycles. The van der Waals surface area contributed by atoms with E-state index in [0.29, 0.717) is 5.56 Å². The molecule has 3 nitrogen and oxygen atoms in total. The molecule has 0 unspecified atom stereocenters. The molecule has 15 heavy (non-hydrogen) atoms. The molecule has 0 fully saturated rings. The highest BCUT2D eigenvalue weighted by molar-refractivity contribution is 6.89. The summed E-state index contributed by atoms with van der Waals surface area (Å²) in [5.74, 6) is -0.232. The minimum atomic E-state index is -1.55. The smallest absolute Gasteiger partial charge is 0.337 e. The van der Waals surface area contributed by atoms with Crippen LogP contribution in [0.25, 0.3) is 0 Å². The standard InChI is InChI=1S/C11H16O3Si/c1-14-11(13)8-5-6-10(9(12)7-8)15(2,3)4/h5-7,12H,1-4H3. The molecule has 1 N–H and O–H groups in total. The van der Waals surface area contributed by atoms with E-state index in [1.54, 1.807) is 6.07 Å². The van der Waals surface area contributed by atoms with Gasteiger partial charge in [0.1, 0.15) is 5.75 Å². The fourth-order valence-corrected chi connectivity index (χ4v) is 2.83. The van der Waals surface area contributed by atoms with E-state index in [-0.39, 0.29) is 5.75 Å². The Balaban J connectivity index is 3.15. The molecule has 0 radical (unpaired) electrons. The lowest BCUT2D eigenvalue weighted by molar-refractivity contribution is 0.0600. The number of benzene rings is 1. The molecule has 0 atom stereocenters. The van der Waals surface area contributed by atoms with E-state index in [1.165, 1.54) is 13.2 Å². The van der Waals surface area contributed by atoms with Gasteiger partial charge >= 0.3 is 5.97 Å². The lowest BCUT2D eigenvalue weighted by atomic mass is 10.2. The van der Waals surface area contributed by atoms with Crippen LogP contribution < -0.4 is 5.19 Å². The summed E-state index contributed by atoms with van der Waals surface area (Å²) in [4.78, 5) is 11.2. The van der Waals surface area contributed by atoms with Gasteiger partial charge in [-0.3, -0.25) is 0 Å². The van der Waals surface area contributed by atoms with Crippen LogP contribution in [0.15, 0.2) is 18.2 Å². The minimum Gasteiger partial charge on any atom is -0.508 e. The summed E-state index contributed by atoms with van der Waals surface area (Å²) in [7, 11) is -0.223. The first-order valence-electron chi connectivity index (χ1n) is 4.78. The monoisotopic (exact) mass is 224 g/mol. The van der Waals surface area contributed by atoms with Gasteiger partial charge in [-0.25, -0.2) is 4.79 Å². The minimum absolute atomic E-state index is 0.192. The molecule has 0 heterocycles. The number of esters is 1. The molecule has 0 bridgehead atoms. The Hall–Kier alpha value is -1.29. The molecule has 0 aliphatic carbocycles. The van der Waals surface area contributed by atoms with Crippen molar-refractivity contribution in [3.8, 4) is 5.75 Å². The topological polar surface area (TPSA) is 46.5 Å². The van der Waals surface area contributed by atoms with Crippen LogP contribution in [0, 0.1) is 0 Å². The normalized spacial score (nSPS) is 11.2. The zero-order valence-corrected chi connectivity index (χ0v) is 10.5. The van der Waals surface area contributed by atoms with Gasteiger partial charge in [-0.15, -0.1) is 0 Å². The second-order valence-electron chi connectivity index (χ2n) is 4.47. The van der Waals surface area contributed by atoms with Gasteiger partial charge in [0.05, 0.1) is 20.7 Å². The molecule has 82 valence electrons. The summed E-state index contributed by atoms with van der Waals surface area (Å²) in [6.45, 7) is 6.42. The Morgan fingerprint density at radius 2 is 1.93 bits per heavy atom. The summed E-state index contributed by atoms with van der Waals surface area (Å²) >= 11 is 0. The number of carbonyl (C=O) groups is 1. The molecule has 0 aliphatic heterocycles. The molecule has 0 aliphatic rings. The zero-order valence-electron chi connectivity index (χ0n) is 9.50. The first-order chi connectivity index (χ1) is 6.86. The van der Waals surface area contributed by atoms with Gasteiger partial charge < -0.3 is 9.84 Å². The number of hydrogen-bond donors (Lipinski definition) is 1. The number of methoxy groups -OCH3 is 1. The van der Waals surface area contributed by atoms with Crippen LogP contribution in [0.4, 0.5) is 0 Å². The van der Waals surface area contributed by atoms with Gasteiger partial charge in [0.15, 0.2) is 0 Å². The fraction of sp³-hybridized carbons (Fsp3) is 0.364. The maximum Gasteiger partial charge on any atom is 0.337 e. The van der Waals surface area contributed by atoms with Crippen molar-refractivity contribution in [2.75, 3.05) is 7.11 Å². The third-order valence-electron chi connectivity index (χ3n) is 2.23. The van der Waals surface area contributed by atoms with Crippen LogP contribution >= 0.6 is 0 Å². The van der Waals surface area contributed by atoms with Gasteiger partial charge in [0, 0.05) is 0 Å². The van der Waals surface area contributed by atoms with E-state index in [9.17, 15) is 9.90 Å². The number of hydrogen-bond acceptors (Lipinski definition) is 3. The van der Waals surface area contributed by atoms with E-state index in [1.807, 2.05) is 6.07 Å². The molecule has 0 saturated carbocycles. The molecule has 4 heteroatoms. The Labute approximate surface area is 90.7 Å². The van der Waals surface area contributed by atoms with Gasteiger partial charge in [-0.2, -0.15) is 0 Å². The van der Waals surface area contributed by atoms with E-state index in [2.05, 4.69) is 24.4 Å². The van der Waals surface area contributed by atoms with Gasteiger partial charge in [-0.1, -0.05) is 25.7 Å². The molecule has 0 aromatic heterocycles. The Morgan fingerprint density at radius 1 is 1.33 bits per heavy atom. The van der Waals surface area contributed by atoms with Crippen molar-refractivity contribution in [2.45, 2.75) is 19.6 Å². The third-order valence-corrected chi connectivity index (χ3v) is 4.27. The Bertz CT molecular complexity index is 380. The van der Waals surface area contributed by atoms with Crippen LogP contribution in [0.5, 0.6) is 5.75 Å². The summed E-state index contributed by atoms with van der Waals surface area (Å²) in [6.07, 6.45) is 0. The van der Waals surface area contributed by atoms with Crippen molar-refractivity contribution in [1.82, 2.24) is 0 Å². The highest BCUT2D eigenvalue weighted by Crippen LogP contribution is 2.15. The third kappa shape index (κ3) is 2.59. The quantitative estimate of drug-likeness (QED) is 0.614. The first-order valence-corrected chi connectivity index (χ1v) is 8.28. The Morgan fingerprint density at radius 3 is 2.33 bits per heavy atom. The predicted octanol–water partition coefficient (Wildman–Crippen LogP) is 1.72. The average Bonchev–Trinajstić information content (AvgIpc) is 2.14. The van der Waals surface area contributed by atoms with Crippen molar-refractivity contribution in [3.63, 3.8) is 0 Å². The number of phenols is 1. The summed E-state index contributed by atoms with van der Waals surface area (Å²) in [5.41, 5.74) is 0.386. The maximum absolute atomic E-state index is 11.2. The lowest BCUT2D eigenvalue weighted by Gasteiger charge is -2.18. The van der Waals surface area contributed by atoms with Crippen molar-refractivity contribution in [3.05, 3.63) is 23.8 Å². The number of carbonyl (C=O) groups excluding carboxylic acids is 1. The molecule has 1 aromatic rings. The van der Waals surface area contributed by atoms with Crippen LogP contribution in [-0.4, -0.2) is 26.3 Å². The SMILES string of the molecule is COC(=O)c1ccc([Si](C)(C)C)c(O)c1. The van der Waals surface area contributed by atoms with Gasteiger partial charge in [0.25, 0.3) is 0 Å². The average molecular weight is 224 g/mol. The van der Waals surface area contributed by atoms with E-state index in [0.717, 1.165) is 5.19 Å². The van der Waals surface area contributed by atoms with Crippen LogP contribution in [0.2, 0.25) is 19.6 Å².